The lowest BCUT2D eigenvalue weighted by molar-refractivity contribution is -0.135. The fraction of sp³-hybridized carbons (Fsp3) is 0.489. The summed E-state index contributed by atoms with van der Waals surface area (Å²) >= 11 is 0. The van der Waals surface area contributed by atoms with Crippen molar-refractivity contribution in [2.24, 2.45) is 27.9 Å². The molecule has 7 atom stereocenters. The Balaban J connectivity index is 1.81. The maximum Gasteiger partial charge on any atom is 0.243 e. The number of hydrogen-bond donors (Lipinski definition) is 12. The van der Waals surface area contributed by atoms with Crippen LogP contribution in [0.2, 0.25) is 0 Å². The van der Waals surface area contributed by atoms with Crippen LogP contribution in [0.1, 0.15) is 83.8 Å². The molecule has 66 heavy (non-hydrogen) atoms. The van der Waals surface area contributed by atoms with Crippen molar-refractivity contribution in [1.29, 1.82) is 0 Å². The molecule has 360 valence electrons. The number of amides is 8. The summed E-state index contributed by atoms with van der Waals surface area (Å²) in [4.78, 5) is 113. The number of carbonyl (C=O) groups is 8. The summed E-state index contributed by atoms with van der Waals surface area (Å²) in [6.45, 7) is 6.35. The van der Waals surface area contributed by atoms with Crippen LogP contribution in [-0.4, -0.2) is 114 Å². The summed E-state index contributed by atoms with van der Waals surface area (Å²) in [6, 6.07) is 8.15. The van der Waals surface area contributed by atoms with Gasteiger partial charge in [0.2, 0.25) is 47.3 Å². The molecule has 0 fully saturated rings. The first-order valence-electron chi connectivity index (χ1n) is 22.2. The Morgan fingerprint density at radius 3 is 1.67 bits per heavy atom. The number of nitrogens with zero attached hydrogens (tertiary/aromatic N) is 1. The van der Waals surface area contributed by atoms with E-state index in [4.69, 9.17) is 22.9 Å². The molecule has 8 amide bonds. The lowest BCUT2D eigenvalue weighted by Crippen LogP contribution is -2.60. The lowest BCUT2D eigenvalue weighted by Gasteiger charge is -2.27. The number of benzene rings is 2. The molecule has 1 heterocycles. The van der Waals surface area contributed by atoms with Crippen molar-refractivity contribution in [2.75, 3.05) is 13.1 Å². The highest BCUT2D eigenvalue weighted by atomic mass is 16.2. The molecule has 0 spiro atoms. The first kappa shape index (κ1) is 53.3. The van der Waals surface area contributed by atoms with Crippen LogP contribution < -0.4 is 60.2 Å². The van der Waals surface area contributed by atoms with Crippen LogP contribution in [0.5, 0.6) is 0 Å². The zero-order valence-corrected chi connectivity index (χ0v) is 38.1. The number of rotatable bonds is 28. The molecule has 3 rings (SSSR count). The van der Waals surface area contributed by atoms with Crippen LogP contribution in [0.3, 0.4) is 0 Å². The molecule has 21 nitrogen and oxygen atoms in total. The summed E-state index contributed by atoms with van der Waals surface area (Å²) in [5.41, 5.74) is 24.7. The Kier molecular flexibility index (Phi) is 22.1. The van der Waals surface area contributed by atoms with Crippen LogP contribution >= 0.6 is 0 Å². The van der Waals surface area contributed by atoms with Crippen molar-refractivity contribution in [1.82, 2.24) is 42.2 Å². The largest absolute Gasteiger partial charge is 0.370 e. The van der Waals surface area contributed by atoms with E-state index in [0.29, 0.717) is 24.8 Å². The number of nitrogens with two attached hydrogens (primary N) is 4. The van der Waals surface area contributed by atoms with Gasteiger partial charge in [-0.15, -0.1) is 0 Å². The SMILES string of the molecule is CCCCC(NC(C)=O)C(=O)NC(C)C(=O)NC(CCCN)C(=O)NC(Cc1ccccc1)C(=O)NC(CCCN=C(N)N)C(=O)NC(C)C(=O)NC(Cc1c[nH]c2ccccc12)C(N)=O. The van der Waals surface area contributed by atoms with Gasteiger partial charge in [-0.25, -0.2) is 0 Å². The van der Waals surface area contributed by atoms with E-state index in [-0.39, 0.29) is 51.2 Å². The van der Waals surface area contributed by atoms with Gasteiger partial charge in [0.1, 0.15) is 42.3 Å². The molecular weight excluding hydrogens is 851 g/mol. The number of unbranched alkanes of at least 4 members (excludes halogenated alkanes) is 1. The van der Waals surface area contributed by atoms with E-state index in [1.807, 2.05) is 31.2 Å². The normalized spacial score (nSPS) is 14.1. The van der Waals surface area contributed by atoms with Crippen molar-refractivity contribution in [3.63, 3.8) is 0 Å². The third-order valence-corrected chi connectivity index (χ3v) is 10.6. The van der Waals surface area contributed by atoms with Gasteiger partial charge >= 0.3 is 0 Å². The Bertz CT molecular complexity index is 2140. The van der Waals surface area contributed by atoms with Crippen LogP contribution in [-0.2, 0) is 51.2 Å². The van der Waals surface area contributed by atoms with Gasteiger partial charge in [-0.05, 0) is 69.7 Å². The van der Waals surface area contributed by atoms with Gasteiger partial charge in [-0.3, -0.25) is 43.3 Å². The van der Waals surface area contributed by atoms with Gasteiger partial charge in [-0.2, -0.15) is 0 Å². The predicted octanol–water partition coefficient (Wildman–Crippen LogP) is -1.13. The van der Waals surface area contributed by atoms with Crippen LogP contribution in [0, 0.1) is 0 Å². The zero-order valence-electron chi connectivity index (χ0n) is 38.1. The smallest absolute Gasteiger partial charge is 0.243 e. The fourth-order valence-electron chi connectivity index (χ4n) is 6.98. The number of hydrogen-bond acceptors (Lipinski definition) is 10. The molecule has 3 aromatic rings. The molecule has 0 aliphatic carbocycles. The predicted molar refractivity (Wildman–Crippen MR) is 250 cm³/mol. The molecule has 0 radical (unpaired) electrons. The monoisotopic (exact) mass is 918 g/mol. The molecule has 0 saturated carbocycles. The molecule has 21 heteroatoms. The third-order valence-electron chi connectivity index (χ3n) is 10.6. The second-order valence-corrected chi connectivity index (χ2v) is 16.1. The van der Waals surface area contributed by atoms with Crippen molar-refractivity contribution in [3.05, 3.63) is 71.9 Å². The maximum atomic E-state index is 14.2. The quantitative estimate of drug-likeness (QED) is 0.0235. The Hall–Kier alpha value is -7.03. The van der Waals surface area contributed by atoms with Crippen molar-refractivity contribution in [3.8, 4) is 0 Å². The van der Waals surface area contributed by atoms with Gasteiger partial charge in [-0.1, -0.05) is 68.3 Å². The highest BCUT2D eigenvalue weighted by Gasteiger charge is 2.33. The van der Waals surface area contributed by atoms with Gasteiger partial charge in [0.25, 0.3) is 0 Å². The van der Waals surface area contributed by atoms with E-state index in [1.54, 1.807) is 36.5 Å². The highest BCUT2D eigenvalue weighted by Crippen LogP contribution is 2.19. The Morgan fingerprint density at radius 1 is 0.591 bits per heavy atom. The maximum absolute atomic E-state index is 14.2. The van der Waals surface area contributed by atoms with E-state index in [1.165, 1.54) is 20.8 Å². The minimum absolute atomic E-state index is 0.000794. The number of fused-ring (bicyclic) bond motifs is 1. The van der Waals surface area contributed by atoms with Gasteiger partial charge in [0, 0.05) is 43.4 Å². The Labute approximate surface area is 384 Å². The van der Waals surface area contributed by atoms with Gasteiger partial charge in [0.05, 0.1) is 0 Å². The number of para-hydroxylation sites is 1. The summed E-state index contributed by atoms with van der Waals surface area (Å²) in [7, 11) is 0. The lowest BCUT2D eigenvalue weighted by atomic mass is 10.0. The molecule has 2 aromatic carbocycles. The molecule has 7 unspecified atom stereocenters. The number of aromatic nitrogens is 1. The average Bonchev–Trinajstić information content (AvgIpc) is 3.69. The van der Waals surface area contributed by atoms with Crippen LogP contribution in [0.4, 0.5) is 0 Å². The first-order valence-corrected chi connectivity index (χ1v) is 22.2. The van der Waals surface area contributed by atoms with E-state index in [0.717, 1.165) is 22.9 Å². The molecule has 1 aromatic heterocycles. The average molecular weight is 918 g/mol. The van der Waals surface area contributed by atoms with Crippen molar-refractivity contribution < 1.29 is 38.4 Å². The summed E-state index contributed by atoms with van der Waals surface area (Å²) in [5.74, 6) is -5.60. The number of aliphatic imine (C=N–C) groups is 1. The highest BCUT2D eigenvalue weighted by molar-refractivity contribution is 5.97. The second-order valence-electron chi connectivity index (χ2n) is 16.1. The minimum Gasteiger partial charge on any atom is -0.370 e. The van der Waals surface area contributed by atoms with Crippen molar-refractivity contribution >= 4 is 64.1 Å². The van der Waals surface area contributed by atoms with Crippen molar-refractivity contribution in [2.45, 2.75) is 128 Å². The minimum atomic E-state index is -1.29. The third kappa shape index (κ3) is 17.9. The fourth-order valence-corrected chi connectivity index (χ4v) is 6.98. The molecular formula is C45H67N13O8. The zero-order chi connectivity index (χ0) is 48.8. The summed E-state index contributed by atoms with van der Waals surface area (Å²) < 4.78 is 0. The van der Waals surface area contributed by atoms with E-state index < -0.39 is 89.6 Å². The van der Waals surface area contributed by atoms with E-state index >= 15 is 0 Å². The molecule has 0 bridgehead atoms. The molecule has 0 aliphatic rings. The molecule has 0 aliphatic heterocycles. The van der Waals surface area contributed by atoms with E-state index in [9.17, 15) is 38.4 Å². The molecule has 16 N–H and O–H groups in total. The van der Waals surface area contributed by atoms with Crippen LogP contribution in [0.25, 0.3) is 10.9 Å². The number of carbonyl (C=O) groups excluding carboxylic acids is 8. The first-order chi connectivity index (χ1) is 31.4. The standard InChI is InChI=1S/C45H67N13O8/c1-5-6-17-33(54-28(4)59)41(63)52-26(2)39(61)55-34(19-12-21-46)43(65)58-37(23-29-14-8-7-9-15-29)44(66)56-35(20-13-22-50-45(48)49)42(64)53-27(3)40(62)57-36(38(47)60)24-30-25-51-32-18-11-10-16-31(30)32/h7-11,14-16,18,25-27,33-37,51H,5-6,12-13,17,19-24,46H2,1-4H3,(H2,47,60)(H,52,63)(H,53,64)(H,54,59)(H,55,61)(H,56,66)(H,57,62)(H,58,65)(H4,48,49,50). The number of primary amides is 1. The van der Waals surface area contributed by atoms with Gasteiger partial charge < -0.3 is 65.1 Å². The number of nitrogens with one attached hydrogen (secondary N) is 8. The Morgan fingerprint density at radius 2 is 1.09 bits per heavy atom. The summed E-state index contributed by atoms with van der Waals surface area (Å²) in [5, 5.41) is 19.4. The number of aromatic amines is 1. The topological polar surface area (TPSA) is 353 Å². The van der Waals surface area contributed by atoms with Gasteiger partial charge in [0.15, 0.2) is 5.96 Å². The van der Waals surface area contributed by atoms with E-state index in [2.05, 4.69) is 47.2 Å². The second kappa shape index (κ2) is 27.3. The summed E-state index contributed by atoms with van der Waals surface area (Å²) in [6.07, 6.45) is 4.17. The number of H-pyrrole nitrogens is 1. The van der Waals surface area contributed by atoms with Crippen LogP contribution in [0.15, 0.2) is 65.8 Å². The number of guanidine groups is 1. The molecule has 0 saturated heterocycles.